The van der Waals surface area contributed by atoms with Gasteiger partial charge < -0.3 is 15.0 Å². The van der Waals surface area contributed by atoms with Gasteiger partial charge in [0.15, 0.2) is 0 Å². The number of nitro groups is 1. The van der Waals surface area contributed by atoms with E-state index in [4.69, 9.17) is 4.74 Å². The zero-order valence-electron chi connectivity index (χ0n) is 14.1. The molecule has 0 bridgehead atoms. The Morgan fingerprint density at radius 3 is 2.73 bits per heavy atom. The first-order valence-corrected chi connectivity index (χ1v) is 8.04. The predicted molar refractivity (Wildman–Crippen MR) is 95.6 cm³/mol. The molecule has 1 N–H and O–H groups in total. The number of carbonyl (C=O) groups is 2. The summed E-state index contributed by atoms with van der Waals surface area (Å²) in [5.41, 5.74) is 1.05. The number of nitro benzene ring substituents is 1. The van der Waals surface area contributed by atoms with E-state index in [1.807, 2.05) is 0 Å². The van der Waals surface area contributed by atoms with E-state index in [0.717, 1.165) is 6.42 Å². The van der Waals surface area contributed by atoms with Gasteiger partial charge in [0.2, 0.25) is 5.91 Å². The molecule has 8 nitrogen and oxygen atoms in total. The van der Waals surface area contributed by atoms with Crippen LogP contribution >= 0.6 is 0 Å². The Labute approximate surface area is 149 Å². The van der Waals surface area contributed by atoms with Gasteiger partial charge in [-0.1, -0.05) is 6.07 Å². The molecule has 2 aromatic carbocycles. The number of carbonyl (C=O) groups excluding carboxylic acids is 2. The zero-order valence-corrected chi connectivity index (χ0v) is 14.1. The third-order valence-corrected chi connectivity index (χ3v) is 4.13. The van der Waals surface area contributed by atoms with Crippen molar-refractivity contribution in [1.29, 1.82) is 0 Å². The molecule has 0 aliphatic carbocycles. The van der Waals surface area contributed by atoms with Crippen LogP contribution in [0, 0.1) is 10.1 Å². The fourth-order valence-electron chi connectivity index (χ4n) is 2.86. The van der Waals surface area contributed by atoms with Crippen molar-refractivity contribution in [2.75, 3.05) is 23.9 Å². The normalized spacial score (nSPS) is 13.6. The van der Waals surface area contributed by atoms with Crippen LogP contribution in [0.1, 0.15) is 23.2 Å². The van der Waals surface area contributed by atoms with E-state index in [0.29, 0.717) is 24.3 Å². The molecule has 0 spiro atoms. The van der Waals surface area contributed by atoms with Gasteiger partial charge in [0.25, 0.3) is 11.6 Å². The molecule has 0 saturated carbocycles. The van der Waals surface area contributed by atoms with Crippen molar-refractivity contribution < 1.29 is 19.2 Å². The van der Waals surface area contributed by atoms with Gasteiger partial charge in [-0.2, -0.15) is 0 Å². The van der Waals surface area contributed by atoms with E-state index in [2.05, 4.69) is 5.32 Å². The Morgan fingerprint density at radius 2 is 2.08 bits per heavy atom. The molecule has 0 aromatic heterocycles. The maximum atomic E-state index is 12.6. The lowest BCUT2D eigenvalue weighted by Crippen LogP contribution is -2.23. The van der Waals surface area contributed by atoms with Crippen molar-refractivity contribution in [3.05, 3.63) is 58.1 Å². The molecule has 26 heavy (non-hydrogen) atoms. The minimum Gasteiger partial charge on any atom is -0.496 e. The van der Waals surface area contributed by atoms with E-state index >= 15 is 0 Å². The summed E-state index contributed by atoms with van der Waals surface area (Å²) < 4.78 is 5.12. The SMILES string of the molecule is COc1ccc([N+](=O)[O-])cc1C(=O)Nc1cccc(N2CCCC2=O)c1. The zero-order chi connectivity index (χ0) is 18.7. The highest BCUT2D eigenvalue weighted by Gasteiger charge is 2.22. The first-order valence-electron chi connectivity index (χ1n) is 8.04. The largest absolute Gasteiger partial charge is 0.496 e. The average molecular weight is 355 g/mol. The standard InChI is InChI=1S/C18H17N3O5/c1-26-16-8-7-14(21(24)25)11-15(16)18(23)19-12-4-2-5-13(10-12)20-9-3-6-17(20)22/h2,4-5,7-8,10-11H,3,6,9H2,1H3,(H,19,23). The summed E-state index contributed by atoms with van der Waals surface area (Å²) in [6.07, 6.45) is 1.32. The van der Waals surface area contributed by atoms with E-state index in [1.165, 1.54) is 25.3 Å². The molecular weight excluding hydrogens is 338 g/mol. The molecular formula is C18H17N3O5. The summed E-state index contributed by atoms with van der Waals surface area (Å²) in [6, 6.07) is 10.7. The Morgan fingerprint density at radius 1 is 1.27 bits per heavy atom. The molecule has 1 aliphatic rings. The minimum absolute atomic E-state index is 0.0498. The van der Waals surface area contributed by atoms with Crippen molar-refractivity contribution in [3.63, 3.8) is 0 Å². The number of amides is 2. The number of nitrogens with one attached hydrogen (secondary N) is 1. The van der Waals surface area contributed by atoms with Crippen LogP contribution in [0.3, 0.4) is 0 Å². The average Bonchev–Trinajstić information content (AvgIpc) is 3.07. The number of hydrogen-bond acceptors (Lipinski definition) is 5. The summed E-state index contributed by atoms with van der Waals surface area (Å²) >= 11 is 0. The summed E-state index contributed by atoms with van der Waals surface area (Å²) in [6.45, 7) is 0.648. The van der Waals surface area contributed by atoms with Crippen LogP contribution in [-0.4, -0.2) is 30.4 Å². The lowest BCUT2D eigenvalue weighted by Gasteiger charge is -2.17. The number of ether oxygens (including phenoxy) is 1. The van der Waals surface area contributed by atoms with Crippen molar-refractivity contribution in [1.82, 2.24) is 0 Å². The summed E-state index contributed by atoms with van der Waals surface area (Å²) in [7, 11) is 1.39. The molecule has 2 aromatic rings. The second-order valence-electron chi connectivity index (χ2n) is 5.80. The third kappa shape index (κ3) is 3.49. The van der Waals surface area contributed by atoms with Gasteiger partial charge in [0, 0.05) is 36.5 Å². The van der Waals surface area contributed by atoms with E-state index in [1.54, 1.807) is 29.2 Å². The molecule has 1 saturated heterocycles. The van der Waals surface area contributed by atoms with Gasteiger partial charge in [-0.05, 0) is 30.7 Å². The van der Waals surface area contributed by atoms with Gasteiger partial charge in [0.1, 0.15) is 5.75 Å². The Balaban J connectivity index is 1.85. The number of anilines is 2. The molecule has 1 fully saturated rings. The van der Waals surface area contributed by atoms with Gasteiger partial charge >= 0.3 is 0 Å². The van der Waals surface area contributed by atoms with E-state index in [-0.39, 0.29) is 22.9 Å². The Bertz CT molecular complexity index is 881. The van der Waals surface area contributed by atoms with Crippen LogP contribution < -0.4 is 15.0 Å². The molecule has 8 heteroatoms. The number of benzene rings is 2. The van der Waals surface area contributed by atoms with Crippen LogP contribution in [0.4, 0.5) is 17.1 Å². The fraction of sp³-hybridized carbons (Fsp3) is 0.222. The maximum absolute atomic E-state index is 12.6. The second-order valence-corrected chi connectivity index (χ2v) is 5.80. The summed E-state index contributed by atoms with van der Waals surface area (Å²) in [5, 5.41) is 13.6. The van der Waals surface area contributed by atoms with Crippen molar-refractivity contribution in [2.45, 2.75) is 12.8 Å². The highest BCUT2D eigenvalue weighted by Crippen LogP contribution is 2.27. The summed E-state index contributed by atoms with van der Waals surface area (Å²) in [4.78, 5) is 36.5. The number of non-ortho nitro benzene ring substituents is 1. The Kier molecular flexibility index (Phi) is 4.83. The fourth-order valence-corrected chi connectivity index (χ4v) is 2.86. The first kappa shape index (κ1) is 17.4. The molecule has 1 heterocycles. The van der Waals surface area contributed by atoms with Crippen molar-refractivity contribution >= 4 is 28.9 Å². The van der Waals surface area contributed by atoms with Crippen LogP contribution in [0.25, 0.3) is 0 Å². The molecule has 3 rings (SSSR count). The molecule has 1 aliphatic heterocycles. The van der Waals surface area contributed by atoms with Gasteiger partial charge in [-0.25, -0.2) is 0 Å². The smallest absolute Gasteiger partial charge is 0.270 e. The van der Waals surface area contributed by atoms with Crippen LogP contribution in [0.15, 0.2) is 42.5 Å². The highest BCUT2D eigenvalue weighted by molar-refractivity contribution is 6.07. The van der Waals surface area contributed by atoms with Gasteiger partial charge in [-0.3, -0.25) is 19.7 Å². The summed E-state index contributed by atoms with van der Waals surface area (Å²) in [5.74, 6) is -0.247. The lowest BCUT2D eigenvalue weighted by molar-refractivity contribution is -0.384. The second kappa shape index (κ2) is 7.22. The quantitative estimate of drug-likeness (QED) is 0.656. The molecule has 134 valence electrons. The van der Waals surface area contributed by atoms with Crippen LogP contribution in [-0.2, 0) is 4.79 Å². The predicted octanol–water partition coefficient (Wildman–Crippen LogP) is 2.98. The van der Waals surface area contributed by atoms with E-state index in [9.17, 15) is 19.7 Å². The number of nitrogens with zero attached hydrogens (tertiary/aromatic N) is 2. The van der Waals surface area contributed by atoms with Crippen LogP contribution in [0.2, 0.25) is 0 Å². The molecule has 2 amide bonds. The Hall–Kier alpha value is -3.42. The number of hydrogen-bond donors (Lipinski definition) is 1. The number of rotatable bonds is 5. The maximum Gasteiger partial charge on any atom is 0.270 e. The molecule has 0 atom stereocenters. The van der Waals surface area contributed by atoms with Crippen molar-refractivity contribution in [3.8, 4) is 5.75 Å². The van der Waals surface area contributed by atoms with Gasteiger partial charge in [0.05, 0.1) is 17.6 Å². The lowest BCUT2D eigenvalue weighted by atomic mass is 10.1. The van der Waals surface area contributed by atoms with E-state index < -0.39 is 10.8 Å². The monoisotopic (exact) mass is 355 g/mol. The number of methoxy groups -OCH3 is 1. The highest BCUT2D eigenvalue weighted by atomic mass is 16.6. The minimum atomic E-state index is -0.574. The van der Waals surface area contributed by atoms with Gasteiger partial charge in [-0.15, -0.1) is 0 Å². The van der Waals surface area contributed by atoms with Crippen LogP contribution in [0.5, 0.6) is 5.75 Å². The third-order valence-electron chi connectivity index (χ3n) is 4.13. The first-order chi connectivity index (χ1) is 12.5. The molecule has 0 unspecified atom stereocenters. The van der Waals surface area contributed by atoms with Crippen molar-refractivity contribution in [2.24, 2.45) is 0 Å². The molecule has 0 radical (unpaired) electrons. The topological polar surface area (TPSA) is 102 Å².